The SMILES string of the molecule is CN(C)CCNc1nc2c(cc1C(N)=S)CCCC2. The topological polar surface area (TPSA) is 54.2 Å². The molecule has 2 rings (SSSR count). The number of nitrogens with zero attached hydrogens (tertiary/aromatic N) is 2. The van der Waals surface area contributed by atoms with Gasteiger partial charge in [-0.25, -0.2) is 4.98 Å². The highest BCUT2D eigenvalue weighted by atomic mass is 32.1. The van der Waals surface area contributed by atoms with Crippen LogP contribution in [-0.4, -0.2) is 42.1 Å². The molecule has 0 atom stereocenters. The summed E-state index contributed by atoms with van der Waals surface area (Å²) in [6, 6.07) is 2.13. The highest BCUT2D eigenvalue weighted by molar-refractivity contribution is 7.80. The van der Waals surface area contributed by atoms with Gasteiger partial charge in [-0.2, -0.15) is 0 Å². The molecule has 0 radical (unpaired) electrons. The fourth-order valence-electron chi connectivity index (χ4n) is 2.35. The summed E-state index contributed by atoms with van der Waals surface area (Å²) in [4.78, 5) is 7.29. The van der Waals surface area contributed by atoms with Gasteiger partial charge >= 0.3 is 0 Å². The number of rotatable bonds is 5. The van der Waals surface area contributed by atoms with E-state index >= 15 is 0 Å². The first kappa shape index (κ1) is 14.2. The van der Waals surface area contributed by atoms with E-state index in [1.807, 2.05) is 0 Å². The molecule has 0 spiro atoms. The molecule has 3 N–H and O–H groups in total. The lowest BCUT2D eigenvalue weighted by molar-refractivity contribution is 0.425. The molecule has 104 valence electrons. The molecule has 0 amide bonds. The fourth-order valence-corrected chi connectivity index (χ4v) is 2.51. The van der Waals surface area contributed by atoms with Crippen LogP contribution in [0.3, 0.4) is 0 Å². The molecule has 5 heteroatoms. The van der Waals surface area contributed by atoms with E-state index in [0.29, 0.717) is 4.99 Å². The summed E-state index contributed by atoms with van der Waals surface area (Å²) >= 11 is 5.14. The Labute approximate surface area is 120 Å². The van der Waals surface area contributed by atoms with E-state index in [-0.39, 0.29) is 0 Å². The van der Waals surface area contributed by atoms with Gasteiger partial charge in [0.05, 0.1) is 5.56 Å². The van der Waals surface area contributed by atoms with Gasteiger partial charge in [-0.15, -0.1) is 0 Å². The third-order valence-electron chi connectivity index (χ3n) is 3.42. The monoisotopic (exact) mass is 278 g/mol. The summed E-state index contributed by atoms with van der Waals surface area (Å²) in [6.45, 7) is 1.80. The molecule has 0 fully saturated rings. The Morgan fingerprint density at radius 3 is 2.84 bits per heavy atom. The van der Waals surface area contributed by atoms with Crippen LogP contribution in [0.1, 0.15) is 29.7 Å². The molecular weight excluding hydrogens is 256 g/mol. The van der Waals surface area contributed by atoms with Gasteiger partial charge in [-0.05, 0) is 51.4 Å². The van der Waals surface area contributed by atoms with E-state index in [1.165, 1.54) is 24.1 Å². The number of nitrogens with two attached hydrogens (primary N) is 1. The van der Waals surface area contributed by atoms with Crippen molar-refractivity contribution in [2.24, 2.45) is 5.73 Å². The van der Waals surface area contributed by atoms with E-state index in [1.54, 1.807) is 0 Å². The smallest absolute Gasteiger partial charge is 0.136 e. The van der Waals surface area contributed by atoms with Crippen molar-refractivity contribution in [1.82, 2.24) is 9.88 Å². The lowest BCUT2D eigenvalue weighted by Crippen LogP contribution is -2.23. The highest BCUT2D eigenvalue weighted by Gasteiger charge is 2.16. The maximum absolute atomic E-state index is 5.82. The number of aryl methyl sites for hydroxylation is 2. The maximum Gasteiger partial charge on any atom is 0.136 e. The average Bonchev–Trinajstić information content (AvgIpc) is 2.37. The number of hydrogen-bond acceptors (Lipinski definition) is 4. The Balaban J connectivity index is 2.21. The number of nitrogens with one attached hydrogen (secondary N) is 1. The molecule has 1 heterocycles. The standard InChI is InChI=1S/C14H22N4S/c1-18(2)8-7-16-14-11(13(15)19)9-10-5-3-4-6-12(10)17-14/h9H,3-8H2,1-2H3,(H2,15,19)(H,16,17). The molecule has 4 nitrogen and oxygen atoms in total. The molecule has 1 aromatic heterocycles. The number of fused-ring (bicyclic) bond motifs is 1. The average molecular weight is 278 g/mol. The number of likely N-dealkylation sites (N-methyl/N-ethyl adjacent to an activating group) is 1. The van der Waals surface area contributed by atoms with Crippen LogP contribution in [-0.2, 0) is 12.8 Å². The van der Waals surface area contributed by atoms with Gasteiger partial charge < -0.3 is 16.0 Å². The minimum atomic E-state index is 0.424. The van der Waals surface area contributed by atoms with Crippen LogP contribution >= 0.6 is 12.2 Å². The summed E-state index contributed by atoms with van der Waals surface area (Å²) < 4.78 is 0. The zero-order chi connectivity index (χ0) is 13.8. The van der Waals surface area contributed by atoms with Crippen LogP contribution in [0.2, 0.25) is 0 Å². The highest BCUT2D eigenvalue weighted by Crippen LogP contribution is 2.24. The number of hydrogen-bond donors (Lipinski definition) is 2. The molecule has 1 aliphatic rings. The summed E-state index contributed by atoms with van der Waals surface area (Å²) in [7, 11) is 4.10. The fraction of sp³-hybridized carbons (Fsp3) is 0.571. The van der Waals surface area contributed by atoms with Gasteiger partial charge in [0.25, 0.3) is 0 Å². The van der Waals surface area contributed by atoms with E-state index in [4.69, 9.17) is 22.9 Å². The lowest BCUT2D eigenvalue weighted by atomic mass is 9.94. The maximum atomic E-state index is 5.82. The molecule has 19 heavy (non-hydrogen) atoms. The largest absolute Gasteiger partial charge is 0.389 e. The van der Waals surface area contributed by atoms with Gasteiger partial charge in [0.2, 0.25) is 0 Å². The predicted octanol–water partition coefficient (Wildman–Crippen LogP) is 1.57. The van der Waals surface area contributed by atoms with Crippen LogP contribution < -0.4 is 11.1 Å². The second-order valence-electron chi connectivity index (χ2n) is 5.29. The van der Waals surface area contributed by atoms with E-state index in [0.717, 1.165) is 37.3 Å². The van der Waals surface area contributed by atoms with Crippen molar-refractivity contribution in [1.29, 1.82) is 0 Å². The van der Waals surface area contributed by atoms with Crippen molar-refractivity contribution in [2.75, 3.05) is 32.5 Å². The number of aromatic nitrogens is 1. The molecule has 0 unspecified atom stereocenters. The zero-order valence-corrected chi connectivity index (χ0v) is 12.5. The Kier molecular flexibility index (Phi) is 4.71. The normalized spacial score (nSPS) is 14.3. The van der Waals surface area contributed by atoms with Crippen molar-refractivity contribution >= 4 is 23.0 Å². The zero-order valence-electron chi connectivity index (χ0n) is 11.7. The second kappa shape index (κ2) is 6.30. The Morgan fingerprint density at radius 1 is 1.42 bits per heavy atom. The third kappa shape index (κ3) is 3.64. The van der Waals surface area contributed by atoms with Crippen LogP contribution in [0.4, 0.5) is 5.82 Å². The van der Waals surface area contributed by atoms with Gasteiger partial charge in [0.15, 0.2) is 0 Å². The minimum Gasteiger partial charge on any atom is -0.389 e. The van der Waals surface area contributed by atoms with E-state index in [9.17, 15) is 0 Å². The minimum absolute atomic E-state index is 0.424. The molecule has 1 aliphatic carbocycles. The molecule has 0 bridgehead atoms. The summed E-state index contributed by atoms with van der Waals surface area (Å²) in [5.74, 6) is 0.843. The van der Waals surface area contributed by atoms with Crippen molar-refractivity contribution in [3.8, 4) is 0 Å². The first-order valence-electron chi connectivity index (χ1n) is 6.79. The van der Waals surface area contributed by atoms with Gasteiger partial charge in [0.1, 0.15) is 10.8 Å². The van der Waals surface area contributed by atoms with E-state index < -0.39 is 0 Å². The predicted molar refractivity (Wildman–Crippen MR) is 83.8 cm³/mol. The summed E-state index contributed by atoms with van der Waals surface area (Å²) in [5, 5.41) is 3.36. The molecule has 0 aromatic carbocycles. The first-order valence-corrected chi connectivity index (χ1v) is 7.20. The van der Waals surface area contributed by atoms with E-state index in [2.05, 4.69) is 30.4 Å². The Bertz CT molecular complexity index is 471. The summed E-state index contributed by atoms with van der Waals surface area (Å²) in [6.07, 6.45) is 4.62. The number of pyridine rings is 1. The molecule has 0 saturated heterocycles. The van der Waals surface area contributed by atoms with Crippen molar-refractivity contribution in [3.63, 3.8) is 0 Å². The Hall–Kier alpha value is -1.20. The van der Waals surface area contributed by atoms with Crippen LogP contribution in [0.5, 0.6) is 0 Å². The Morgan fingerprint density at radius 2 is 2.16 bits per heavy atom. The molecular formula is C14H22N4S. The van der Waals surface area contributed by atoms with Gasteiger partial charge in [0, 0.05) is 18.8 Å². The van der Waals surface area contributed by atoms with Crippen molar-refractivity contribution in [3.05, 3.63) is 22.9 Å². The van der Waals surface area contributed by atoms with Gasteiger partial charge in [-0.1, -0.05) is 12.2 Å². The first-order chi connectivity index (χ1) is 9.08. The summed E-state index contributed by atoms with van der Waals surface area (Å²) in [5.41, 5.74) is 9.22. The van der Waals surface area contributed by atoms with Crippen molar-refractivity contribution in [2.45, 2.75) is 25.7 Å². The quantitative estimate of drug-likeness (QED) is 0.801. The van der Waals surface area contributed by atoms with Crippen molar-refractivity contribution < 1.29 is 0 Å². The number of thiocarbonyl (C=S) groups is 1. The molecule has 0 saturated carbocycles. The second-order valence-corrected chi connectivity index (χ2v) is 5.73. The number of anilines is 1. The molecule has 1 aromatic rings. The van der Waals surface area contributed by atoms with Crippen LogP contribution in [0, 0.1) is 0 Å². The van der Waals surface area contributed by atoms with Gasteiger partial charge in [-0.3, -0.25) is 0 Å². The molecule has 0 aliphatic heterocycles. The third-order valence-corrected chi connectivity index (χ3v) is 3.64. The van der Waals surface area contributed by atoms with Crippen LogP contribution in [0.25, 0.3) is 0 Å². The van der Waals surface area contributed by atoms with Crippen LogP contribution in [0.15, 0.2) is 6.07 Å². The lowest BCUT2D eigenvalue weighted by Gasteiger charge is -2.19.